The average molecular weight is 244 g/mol. The monoisotopic (exact) mass is 244 g/mol. The molecule has 1 heterocycles. The van der Waals surface area contributed by atoms with Crippen LogP contribution in [0.1, 0.15) is 19.8 Å². The molecule has 0 spiro atoms. The maximum absolute atomic E-state index is 11.4. The van der Waals surface area contributed by atoms with Gasteiger partial charge in [-0.05, 0) is 19.8 Å². The minimum Gasteiger partial charge on any atom is -0.474 e. The van der Waals surface area contributed by atoms with Gasteiger partial charge in [-0.15, -0.1) is 0 Å². The standard InChI is InChI=1S/C10H16N2O5/c1-2-17-10(16)12-5-3-7(4-6-12)11-8(13)9(14)15/h7H,2-6H2,1H3,(H,11,13)(H,14,15). The molecule has 0 aromatic heterocycles. The lowest BCUT2D eigenvalue weighted by atomic mass is 10.1. The van der Waals surface area contributed by atoms with Crippen molar-refractivity contribution >= 4 is 18.0 Å². The molecule has 1 aliphatic rings. The number of carbonyl (C=O) groups is 3. The molecular weight excluding hydrogens is 228 g/mol. The van der Waals surface area contributed by atoms with E-state index in [2.05, 4.69) is 5.32 Å². The Hall–Kier alpha value is -1.79. The fourth-order valence-corrected chi connectivity index (χ4v) is 1.67. The Morgan fingerprint density at radius 2 is 1.94 bits per heavy atom. The molecule has 2 amide bonds. The first-order valence-electron chi connectivity index (χ1n) is 5.50. The predicted octanol–water partition coefficient (Wildman–Crippen LogP) is -0.192. The van der Waals surface area contributed by atoms with Crippen LogP contribution in [0.2, 0.25) is 0 Å². The summed E-state index contributed by atoms with van der Waals surface area (Å²) >= 11 is 0. The summed E-state index contributed by atoms with van der Waals surface area (Å²) in [6, 6.07) is -0.190. The molecule has 1 rings (SSSR count). The lowest BCUT2D eigenvalue weighted by Gasteiger charge is -2.31. The van der Waals surface area contributed by atoms with Gasteiger partial charge in [0.15, 0.2) is 0 Å². The highest BCUT2D eigenvalue weighted by Gasteiger charge is 2.25. The summed E-state index contributed by atoms with van der Waals surface area (Å²) in [5.41, 5.74) is 0. The molecule has 1 saturated heterocycles. The van der Waals surface area contributed by atoms with Gasteiger partial charge in [-0.25, -0.2) is 9.59 Å². The number of hydrogen-bond donors (Lipinski definition) is 2. The highest BCUT2D eigenvalue weighted by molar-refractivity contribution is 6.31. The number of aliphatic carboxylic acids is 1. The fourth-order valence-electron chi connectivity index (χ4n) is 1.67. The zero-order valence-electron chi connectivity index (χ0n) is 9.64. The molecular formula is C10H16N2O5. The first-order chi connectivity index (χ1) is 8.04. The van der Waals surface area contributed by atoms with Crippen LogP contribution in [0.15, 0.2) is 0 Å². The van der Waals surface area contributed by atoms with Gasteiger partial charge in [0, 0.05) is 19.1 Å². The van der Waals surface area contributed by atoms with Crippen LogP contribution >= 0.6 is 0 Å². The summed E-state index contributed by atoms with van der Waals surface area (Å²) in [7, 11) is 0. The molecule has 1 fully saturated rings. The highest BCUT2D eigenvalue weighted by Crippen LogP contribution is 2.11. The second kappa shape index (κ2) is 6.07. The largest absolute Gasteiger partial charge is 0.474 e. The molecule has 7 heteroatoms. The second-order valence-electron chi connectivity index (χ2n) is 3.74. The summed E-state index contributed by atoms with van der Waals surface area (Å²) < 4.78 is 4.84. The predicted molar refractivity (Wildman–Crippen MR) is 57.4 cm³/mol. The van der Waals surface area contributed by atoms with Crippen LogP contribution in [-0.2, 0) is 14.3 Å². The number of piperidine rings is 1. The Morgan fingerprint density at radius 3 is 2.41 bits per heavy atom. The third-order valence-electron chi connectivity index (χ3n) is 2.55. The number of hydrogen-bond acceptors (Lipinski definition) is 4. The van der Waals surface area contributed by atoms with Crippen molar-refractivity contribution in [2.75, 3.05) is 19.7 Å². The molecule has 0 radical (unpaired) electrons. The van der Waals surface area contributed by atoms with E-state index in [9.17, 15) is 14.4 Å². The Balaban J connectivity index is 2.33. The molecule has 0 atom stereocenters. The topological polar surface area (TPSA) is 95.9 Å². The third kappa shape index (κ3) is 3.93. The van der Waals surface area contributed by atoms with E-state index < -0.39 is 11.9 Å². The smallest absolute Gasteiger partial charge is 0.409 e. The van der Waals surface area contributed by atoms with Crippen molar-refractivity contribution in [1.29, 1.82) is 0 Å². The first kappa shape index (κ1) is 13.3. The SMILES string of the molecule is CCOC(=O)N1CCC(NC(=O)C(=O)O)CC1. The van der Waals surface area contributed by atoms with Crippen LogP contribution in [0.4, 0.5) is 4.79 Å². The van der Waals surface area contributed by atoms with Gasteiger partial charge in [0.05, 0.1) is 6.61 Å². The van der Waals surface area contributed by atoms with Crippen LogP contribution in [0.25, 0.3) is 0 Å². The Morgan fingerprint density at radius 1 is 1.35 bits per heavy atom. The lowest BCUT2D eigenvalue weighted by Crippen LogP contribution is -2.48. The van der Waals surface area contributed by atoms with E-state index in [1.165, 1.54) is 0 Å². The molecule has 7 nitrogen and oxygen atoms in total. The average Bonchev–Trinajstić information content (AvgIpc) is 2.30. The van der Waals surface area contributed by atoms with Gasteiger partial charge in [0.25, 0.3) is 0 Å². The number of nitrogens with zero attached hydrogens (tertiary/aromatic N) is 1. The summed E-state index contributed by atoms with van der Waals surface area (Å²) in [5.74, 6) is -2.49. The third-order valence-corrected chi connectivity index (χ3v) is 2.55. The van der Waals surface area contributed by atoms with Crippen molar-refractivity contribution in [3.63, 3.8) is 0 Å². The van der Waals surface area contributed by atoms with Crippen molar-refractivity contribution in [2.24, 2.45) is 0 Å². The Labute approximate surface area is 98.7 Å². The van der Waals surface area contributed by atoms with Gasteiger partial charge in [-0.3, -0.25) is 4.79 Å². The molecule has 1 aliphatic heterocycles. The van der Waals surface area contributed by atoms with E-state index in [-0.39, 0.29) is 12.1 Å². The van der Waals surface area contributed by atoms with Gasteiger partial charge in [-0.1, -0.05) is 0 Å². The van der Waals surface area contributed by atoms with E-state index >= 15 is 0 Å². The molecule has 0 aliphatic carbocycles. The molecule has 2 N–H and O–H groups in total. The molecule has 0 aromatic rings. The number of likely N-dealkylation sites (tertiary alicyclic amines) is 1. The van der Waals surface area contributed by atoms with E-state index in [0.29, 0.717) is 32.5 Å². The number of ether oxygens (including phenoxy) is 1. The summed E-state index contributed by atoms with van der Waals surface area (Å²) in [6.45, 7) is 2.99. The maximum atomic E-state index is 11.4. The zero-order valence-corrected chi connectivity index (χ0v) is 9.64. The number of nitrogens with one attached hydrogen (secondary N) is 1. The quantitative estimate of drug-likeness (QED) is 0.656. The molecule has 0 bridgehead atoms. The zero-order chi connectivity index (χ0) is 12.8. The van der Waals surface area contributed by atoms with E-state index in [1.54, 1.807) is 11.8 Å². The number of carboxylic acids is 1. The Kier molecular flexibility index (Phi) is 4.74. The first-order valence-corrected chi connectivity index (χ1v) is 5.50. The van der Waals surface area contributed by atoms with Gasteiger partial charge in [0.2, 0.25) is 0 Å². The Bertz CT molecular complexity index is 310. The number of carboxylic acid groups (broad SMARTS) is 1. The van der Waals surface area contributed by atoms with Crippen molar-refractivity contribution in [2.45, 2.75) is 25.8 Å². The van der Waals surface area contributed by atoms with Crippen LogP contribution in [0.3, 0.4) is 0 Å². The summed E-state index contributed by atoms with van der Waals surface area (Å²) in [6.07, 6.45) is 0.714. The van der Waals surface area contributed by atoms with Crippen molar-refractivity contribution < 1.29 is 24.2 Å². The molecule has 0 saturated carbocycles. The van der Waals surface area contributed by atoms with E-state index in [1.807, 2.05) is 0 Å². The van der Waals surface area contributed by atoms with E-state index in [4.69, 9.17) is 9.84 Å². The fraction of sp³-hybridized carbons (Fsp3) is 0.700. The van der Waals surface area contributed by atoms with Gasteiger partial charge in [-0.2, -0.15) is 0 Å². The number of rotatable bonds is 2. The minimum atomic E-state index is -1.49. The molecule has 0 unspecified atom stereocenters. The van der Waals surface area contributed by atoms with E-state index in [0.717, 1.165) is 0 Å². The van der Waals surface area contributed by atoms with Gasteiger partial charge < -0.3 is 20.1 Å². The maximum Gasteiger partial charge on any atom is 0.409 e. The normalized spacial score (nSPS) is 16.4. The molecule has 96 valence electrons. The summed E-state index contributed by atoms with van der Waals surface area (Å²) in [4.78, 5) is 34.2. The van der Waals surface area contributed by atoms with Crippen LogP contribution in [0.5, 0.6) is 0 Å². The van der Waals surface area contributed by atoms with Gasteiger partial charge in [0.1, 0.15) is 0 Å². The second-order valence-corrected chi connectivity index (χ2v) is 3.74. The van der Waals surface area contributed by atoms with Crippen LogP contribution in [-0.4, -0.2) is 53.7 Å². The van der Waals surface area contributed by atoms with Crippen molar-refractivity contribution in [3.05, 3.63) is 0 Å². The molecule has 17 heavy (non-hydrogen) atoms. The highest BCUT2D eigenvalue weighted by atomic mass is 16.6. The van der Waals surface area contributed by atoms with Gasteiger partial charge >= 0.3 is 18.0 Å². The van der Waals surface area contributed by atoms with Crippen LogP contribution in [0, 0.1) is 0 Å². The molecule has 0 aromatic carbocycles. The minimum absolute atomic E-state index is 0.190. The van der Waals surface area contributed by atoms with Crippen LogP contribution < -0.4 is 5.32 Å². The lowest BCUT2D eigenvalue weighted by molar-refractivity contribution is -0.150. The number of amides is 2. The van der Waals surface area contributed by atoms with Crippen molar-refractivity contribution in [1.82, 2.24) is 10.2 Å². The number of carbonyl (C=O) groups excluding carboxylic acids is 2. The summed E-state index contributed by atoms with van der Waals surface area (Å²) in [5, 5.41) is 10.8. The van der Waals surface area contributed by atoms with Crippen molar-refractivity contribution in [3.8, 4) is 0 Å².